The fourth-order valence-corrected chi connectivity index (χ4v) is 4.75. The zero-order valence-electron chi connectivity index (χ0n) is 19.1. The van der Waals surface area contributed by atoms with Crippen molar-refractivity contribution in [2.45, 2.75) is 38.0 Å². The summed E-state index contributed by atoms with van der Waals surface area (Å²) in [6.07, 6.45) is -4.80. The van der Waals surface area contributed by atoms with E-state index in [0.717, 1.165) is 11.8 Å². The van der Waals surface area contributed by atoms with Gasteiger partial charge in [-0.25, -0.2) is 14.4 Å². The molecule has 2 aliphatic rings. The number of carbonyl (C=O) groups excluding carboxylic acids is 1. The molecule has 1 spiro atoms. The van der Waals surface area contributed by atoms with Gasteiger partial charge in [-0.15, -0.1) is 0 Å². The molecule has 6 nitrogen and oxygen atoms in total. The molecule has 2 aliphatic heterocycles. The maximum atomic E-state index is 14.8. The Kier molecular flexibility index (Phi) is 5.51. The van der Waals surface area contributed by atoms with Gasteiger partial charge in [-0.2, -0.15) is 13.2 Å². The van der Waals surface area contributed by atoms with Gasteiger partial charge >= 0.3 is 6.18 Å². The van der Waals surface area contributed by atoms with Crippen molar-refractivity contribution >= 4 is 17.4 Å². The molecule has 0 radical (unpaired) electrons. The number of halogens is 4. The Hall–Kier alpha value is -3.53. The second kappa shape index (κ2) is 8.30. The lowest BCUT2D eigenvalue weighted by Crippen LogP contribution is -2.68. The van der Waals surface area contributed by atoms with Crippen molar-refractivity contribution in [1.82, 2.24) is 15.3 Å². The normalized spacial score (nSPS) is 17.7. The second-order valence-corrected chi connectivity index (χ2v) is 8.93. The van der Waals surface area contributed by atoms with Crippen LogP contribution in [-0.4, -0.2) is 29.0 Å². The number of hydrogen-bond acceptors (Lipinski definition) is 5. The van der Waals surface area contributed by atoms with E-state index in [2.05, 4.69) is 20.6 Å². The van der Waals surface area contributed by atoms with E-state index >= 15 is 0 Å². The Morgan fingerprint density at radius 2 is 1.80 bits per heavy atom. The van der Waals surface area contributed by atoms with Gasteiger partial charge in [0.15, 0.2) is 0 Å². The predicted molar refractivity (Wildman–Crippen MR) is 122 cm³/mol. The zero-order valence-corrected chi connectivity index (χ0v) is 19.1. The lowest BCUT2D eigenvalue weighted by molar-refractivity contribution is -0.140. The molecular formula is C25H23F4N5O. The number of fused-ring (bicyclic) bond motifs is 2. The molecule has 0 unspecified atom stereocenters. The topological polar surface area (TPSA) is 70.1 Å². The van der Waals surface area contributed by atoms with E-state index in [9.17, 15) is 22.4 Å². The molecule has 2 N–H and O–H groups in total. The molecular weight excluding hydrogens is 462 g/mol. The summed E-state index contributed by atoms with van der Waals surface area (Å²) < 4.78 is 54.5. The predicted octanol–water partition coefficient (Wildman–Crippen LogP) is 4.50. The van der Waals surface area contributed by atoms with Crippen molar-refractivity contribution in [1.29, 1.82) is 0 Å². The molecule has 1 aromatic heterocycles. The number of carbonyl (C=O) groups is 1. The average molecular weight is 485 g/mol. The highest BCUT2D eigenvalue weighted by Gasteiger charge is 2.54. The molecule has 3 heterocycles. The minimum absolute atomic E-state index is 0.0732. The molecule has 0 aliphatic carbocycles. The number of aryl methyl sites for hydroxylation is 1. The van der Waals surface area contributed by atoms with Crippen LogP contribution in [0.4, 0.5) is 29.1 Å². The van der Waals surface area contributed by atoms with Crippen molar-refractivity contribution in [2.75, 3.05) is 23.3 Å². The molecule has 10 heteroatoms. The van der Waals surface area contributed by atoms with Crippen LogP contribution in [0.2, 0.25) is 0 Å². The Morgan fingerprint density at radius 1 is 1.09 bits per heavy atom. The van der Waals surface area contributed by atoms with Crippen LogP contribution >= 0.6 is 0 Å². The van der Waals surface area contributed by atoms with Gasteiger partial charge in [0.2, 0.25) is 5.91 Å². The Morgan fingerprint density at radius 3 is 2.43 bits per heavy atom. The summed E-state index contributed by atoms with van der Waals surface area (Å²) in [5.74, 6) is -0.608. The summed E-state index contributed by atoms with van der Waals surface area (Å²) >= 11 is 0. The number of nitrogens with one attached hydrogen (secondary N) is 2. The molecule has 1 fully saturated rings. The first-order valence-electron chi connectivity index (χ1n) is 11.2. The summed E-state index contributed by atoms with van der Waals surface area (Å²) in [4.78, 5) is 24.4. The molecule has 2 aromatic carbocycles. The van der Waals surface area contributed by atoms with Gasteiger partial charge in [-0.05, 0) is 32.0 Å². The van der Waals surface area contributed by atoms with E-state index in [0.29, 0.717) is 36.0 Å². The number of amides is 1. The maximum absolute atomic E-state index is 14.8. The first-order chi connectivity index (χ1) is 16.6. The molecule has 1 amide bonds. The number of hydrogen-bond donors (Lipinski definition) is 2. The van der Waals surface area contributed by atoms with Gasteiger partial charge in [0.1, 0.15) is 22.9 Å². The SMILES string of the molecule is Cc1nc(N[C@H](C)c2cccc(C(F)(F)F)c2F)c2c(n1)C1(CNC1)C(=O)N(c1ccccc1)C2. The molecule has 1 saturated heterocycles. The van der Waals surface area contributed by atoms with E-state index in [1.54, 1.807) is 18.7 Å². The first kappa shape index (κ1) is 23.2. The highest BCUT2D eigenvalue weighted by molar-refractivity contribution is 6.04. The summed E-state index contributed by atoms with van der Waals surface area (Å²) in [6, 6.07) is 11.6. The van der Waals surface area contributed by atoms with Gasteiger partial charge in [-0.1, -0.05) is 30.3 Å². The van der Waals surface area contributed by atoms with Crippen molar-refractivity contribution in [3.05, 3.63) is 82.6 Å². The van der Waals surface area contributed by atoms with E-state index in [-0.39, 0.29) is 18.0 Å². The summed E-state index contributed by atoms with van der Waals surface area (Å²) in [5.41, 5.74) is -0.322. The zero-order chi connectivity index (χ0) is 25.0. The number of aromatic nitrogens is 2. The Balaban J connectivity index is 1.57. The number of alkyl halides is 3. The number of para-hydroxylation sites is 1. The lowest BCUT2D eigenvalue weighted by Gasteiger charge is -2.48. The van der Waals surface area contributed by atoms with Crippen molar-refractivity contribution < 1.29 is 22.4 Å². The van der Waals surface area contributed by atoms with Gasteiger partial charge in [0.05, 0.1) is 23.8 Å². The molecule has 35 heavy (non-hydrogen) atoms. The van der Waals surface area contributed by atoms with Crippen LogP contribution in [0, 0.1) is 12.7 Å². The number of nitrogens with zero attached hydrogens (tertiary/aromatic N) is 3. The Labute approximate surface area is 199 Å². The highest BCUT2D eigenvalue weighted by atomic mass is 19.4. The first-order valence-corrected chi connectivity index (χ1v) is 11.2. The van der Waals surface area contributed by atoms with Gasteiger partial charge < -0.3 is 15.5 Å². The van der Waals surface area contributed by atoms with Crippen LogP contribution in [0.15, 0.2) is 48.5 Å². The molecule has 1 atom stereocenters. The van der Waals surface area contributed by atoms with E-state index in [1.165, 1.54) is 12.1 Å². The largest absolute Gasteiger partial charge is 0.419 e. The van der Waals surface area contributed by atoms with Crippen LogP contribution in [0.3, 0.4) is 0 Å². The van der Waals surface area contributed by atoms with E-state index in [4.69, 9.17) is 0 Å². The third-order valence-corrected chi connectivity index (χ3v) is 6.62. The maximum Gasteiger partial charge on any atom is 0.419 e. The highest BCUT2D eigenvalue weighted by Crippen LogP contribution is 2.42. The van der Waals surface area contributed by atoms with Crippen molar-refractivity contribution in [3.8, 4) is 0 Å². The third kappa shape index (κ3) is 3.81. The lowest BCUT2D eigenvalue weighted by atomic mass is 9.72. The summed E-state index contributed by atoms with van der Waals surface area (Å²) in [7, 11) is 0. The summed E-state index contributed by atoms with van der Waals surface area (Å²) in [5, 5.41) is 6.27. The van der Waals surface area contributed by atoms with Gasteiger partial charge in [-0.3, -0.25) is 4.79 Å². The average Bonchev–Trinajstić information content (AvgIpc) is 2.77. The third-order valence-electron chi connectivity index (χ3n) is 6.62. The van der Waals surface area contributed by atoms with Crippen LogP contribution < -0.4 is 15.5 Å². The van der Waals surface area contributed by atoms with Crippen molar-refractivity contribution in [3.63, 3.8) is 0 Å². The molecule has 3 aromatic rings. The number of benzene rings is 2. The van der Waals surface area contributed by atoms with Gasteiger partial charge in [0, 0.05) is 29.9 Å². The second-order valence-electron chi connectivity index (χ2n) is 8.93. The smallest absolute Gasteiger partial charge is 0.363 e. The standard InChI is InChI=1S/C25H23F4N5O/c1-14(17-9-6-10-19(20(17)26)25(27,28)29)31-22-18-11-34(16-7-4-3-5-8-16)23(35)24(12-30-13-24)21(18)32-15(2)33-22/h3-10,14,30H,11-13H2,1-2H3,(H,31,32,33)/t14-/m1/s1. The van der Waals surface area contributed by atoms with Crippen molar-refractivity contribution in [2.24, 2.45) is 0 Å². The van der Waals surface area contributed by atoms with E-state index < -0.39 is 29.0 Å². The van der Waals surface area contributed by atoms with Crippen LogP contribution in [0.25, 0.3) is 0 Å². The number of rotatable bonds is 4. The van der Waals surface area contributed by atoms with E-state index in [1.807, 2.05) is 30.3 Å². The number of anilines is 2. The van der Waals surface area contributed by atoms with Crippen LogP contribution in [-0.2, 0) is 22.9 Å². The molecule has 182 valence electrons. The van der Waals surface area contributed by atoms with Crippen LogP contribution in [0.5, 0.6) is 0 Å². The summed E-state index contributed by atoms with van der Waals surface area (Å²) in [6.45, 7) is 4.27. The molecule has 0 saturated carbocycles. The fourth-order valence-electron chi connectivity index (χ4n) is 4.75. The Bertz CT molecular complexity index is 1290. The molecule has 5 rings (SSSR count). The minimum Gasteiger partial charge on any atom is -0.363 e. The quantitative estimate of drug-likeness (QED) is 0.533. The van der Waals surface area contributed by atoms with Crippen LogP contribution in [0.1, 0.15) is 41.2 Å². The minimum atomic E-state index is -4.80. The monoisotopic (exact) mass is 485 g/mol. The van der Waals surface area contributed by atoms with Gasteiger partial charge in [0.25, 0.3) is 0 Å². The molecule has 0 bridgehead atoms. The fraction of sp³-hybridized carbons (Fsp3) is 0.320.